The highest BCUT2D eigenvalue weighted by Crippen LogP contribution is 2.49. The number of hydrogen-bond donors (Lipinski definition) is 1. The smallest absolute Gasteiger partial charge is 0.415 e. The molecule has 54 heavy (non-hydrogen) atoms. The molecule has 1 fully saturated rings. The van der Waals surface area contributed by atoms with Crippen LogP contribution in [-0.4, -0.2) is 57.3 Å². The third kappa shape index (κ3) is 7.08. The van der Waals surface area contributed by atoms with Crippen molar-refractivity contribution in [1.29, 1.82) is 0 Å². The van der Waals surface area contributed by atoms with Crippen LogP contribution in [0.2, 0.25) is 0 Å². The summed E-state index contributed by atoms with van der Waals surface area (Å²) in [6.07, 6.45) is -1.03. The number of carbonyl (C=O) groups excluding carboxylic acids is 5. The van der Waals surface area contributed by atoms with Crippen molar-refractivity contribution in [3.05, 3.63) is 133 Å². The topological polar surface area (TPSA) is 215 Å². The number of alkyl carbamates (subject to hydrolysis) is 1. The Hall–Kier alpha value is -6.97. The van der Waals surface area contributed by atoms with E-state index in [1.165, 1.54) is 29.2 Å². The molecule has 6 rings (SSSR count). The standard InChI is InChI=1S/C38H32N4O12/c1-20(2)31-32-21(3)29(33(40(32)34(31)43)37(46)53-35(44)22-10-14-25(15-11-22)41(48)49)19-52-30-9-5-7-27-24(6-4-8-28(27)30)18-39-38(47)54-36(45)23-12-16-26(17-13-23)42(50)51/h4-17,20-21,31-32H,18-19H2,1-3H3,(H,39,47)/t21-,31+,32+/m0/s1. The average molecular weight is 737 g/mol. The fourth-order valence-electron chi connectivity index (χ4n) is 6.77. The van der Waals surface area contributed by atoms with Gasteiger partial charge >= 0.3 is 24.0 Å². The summed E-state index contributed by atoms with van der Waals surface area (Å²) in [7, 11) is 0. The van der Waals surface area contributed by atoms with Crippen molar-refractivity contribution in [1.82, 2.24) is 10.2 Å². The van der Waals surface area contributed by atoms with Gasteiger partial charge in [-0.05, 0) is 47.2 Å². The van der Waals surface area contributed by atoms with Gasteiger partial charge in [-0.25, -0.2) is 19.2 Å². The summed E-state index contributed by atoms with van der Waals surface area (Å²) < 4.78 is 16.3. The van der Waals surface area contributed by atoms with E-state index in [0.29, 0.717) is 27.7 Å². The molecule has 2 heterocycles. The highest BCUT2D eigenvalue weighted by molar-refractivity contribution is 6.06. The van der Waals surface area contributed by atoms with Crippen molar-refractivity contribution < 1.29 is 48.0 Å². The van der Waals surface area contributed by atoms with Gasteiger partial charge in [0, 0.05) is 47.7 Å². The molecule has 0 radical (unpaired) electrons. The average Bonchev–Trinajstić information content (AvgIpc) is 3.39. The number of hydrogen-bond acceptors (Lipinski definition) is 12. The normalized spacial score (nSPS) is 17.4. The van der Waals surface area contributed by atoms with E-state index < -0.39 is 33.8 Å². The van der Waals surface area contributed by atoms with Crippen molar-refractivity contribution in [2.75, 3.05) is 6.61 Å². The molecule has 4 aromatic rings. The fraction of sp³-hybridized carbons (Fsp3) is 0.237. The van der Waals surface area contributed by atoms with Crippen LogP contribution in [0.5, 0.6) is 5.75 Å². The van der Waals surface area contributed by atoms with E-state index in [0.717, 1.165) is 24.3 Å². The molecule has 0 aromatic heterocycles. The van der Waals surface area contributed by atoms with Gasteiger partial charge in [0.2, 0.25) is 5.91 Å². The largest absolute Gasteiger partial charge is 0.488 e. The van der Waals surface area contributed by atoms with Gasteiger partial charge in [-0.3, -0.25) is 25.0 Å². The Morgan fingerprint density at radius 1 is 0.778 bits per heavy atom. The molecule has 0 bridgehead atoms. The van der Waals surface area contributed by atoms with Crippen LogP contribution in [0, 0.1) is 38.0 Å². The second kappa shape index (κ2) is 14.9. The zero-order valence-corrected chi connectivity index (χ0v) is 29.0. The van der Waals surface area contributed by atoms with Gasteiger partial charge in [0.25, 0.3) is 11.4 Å². The fourth-order valence-corrected chi connectivity index (χ4v) is 6.77. The minimum atomic E-state index is -1.05. The number of nitrogens with zero attached hydrogens (tertiary/aromatic N) is 3. The zero-order valence-electron chi connectivity index (χ0n) is 29.0. The Morgan fingerprint density at radius 2 is 1.33 bits per heavy atom. The van der Waals surface area contributed by atoms with Gasteiger partial charge in [0.15, 0.2) is 0 Å². The molecule has 2 amide bonds. The van der Waals surface area contributed by atoms with E-state index in [1.54, 1.807) is 36.4 Å². The highest BCUT2D eigenvalue weighted by atomic mass is 16.6. The summed E-state index contributed by atoms with van der Waals surface area (Å²) in [5.74, 6) is -3.66. The van der Waals surface area contributed by atoms with Crippen molar-refractivity contribution in [3.8, 4) is 5.75 Å². The summed E-state index contributed by atoms with van der Waals surface area (Å²) in [6, 6.07) is 19.3. The molecule has 1 N–H and O–H groups in total. The first-order valence-corrected chi connectivity index (χ1v) is 16.7. The maximum Gasteiger partial charge on any atom is 0.415 e. The Balaban J connectivity index is 1.19. The van der Waals surface area contributed by atoms with Gasteiger partial charge in [0.05, 0.1) is 32.9 Å². The highest BCUT2D eigenvalue weighted by Gasteiger charge is 2.59. The Morgan fingerprint density at radius 3 is 1.91 bits per heavy atom. The first kappa shape index (κ1) is 36.8. The van der Waals surface area contributed by atoms with E-state index >= 15 is 0 Å². The number of non-ortho nitro benzene ring substituents is 2. The van der Waals surface area contributed by atoms with Crippen LogP contribution in [-0.2, 0) is 25.6 Å². The number of fused-ring (bicyclic) bond motifs is 2. The van der Waals surface area contributed by atoms with Crippen LogP contribution in [0.15, 0.2) is 96.2 Å². The van der Waals surface area contributed by atoms with Crippen molar-refractivity contribution >= 4 is 52.1 Å². The SMILES string of the molecule is CC(C)[C@H]1C(=O)N2C(C(=O)OC(=O)c3ccc([N+](=O)[O-])cc3)=C(COc3cccc4c(CNC(=O)OC(=O)c5ccc([N+](=O)[O-])cc5)cccc34)[C@H](C)[C@H]12. The van der Waals surface area contributed by atoms with E-state index in [9.17, 15) is 44.2 Å². The number of nitro benzene ring substituents is 2. The number of nitro groups is 2. The number of nitrogens with one attached hydrogen (secondary N) is 1. The summed E-state index contributed by atoms with van der Waals surface area (Å²) in [4.78, 5) is 86.7. The van der Waals surface area contributed by atoms with Crippen LogP contribution in [0.25, 0.3) is 10.8 Å². The maximum absolute atomic E-state index is 13.6. The quantitative estimate of drug-likeness (QED) is 0.0629. The lowest BCUT2D eigenvalue weighted by Gasteiger charge is -2.47. The lowest BCUT2D eigenvalue weighted by molar-refractivity contribution is -0.385. The number of esters is 3. The van der Waals surface area contributed by atoms with E-state index in [4.69, 9.17) is 14.2 Å². The number of rotatable bonds is 11. The van der Waals surface area contributed by atoms with E-state index in [1.807, 2.05) is 20.8 Å². The minimum absolute atomic E-state index is 0.0247. The summed E-state index contributed by atoms with van der Waals surface area (Å²) in [6.45, 7) is 5.52. The number of ether oxygens (including phenoxy) is 3. The maximum atomic E-state index is 13.6. The molecule has 2 aliphatic heterocycles. The van der Waals surface area contributed by atoms with Crippen LogP contribution >= 0.6 is 0 Å². The Bertz CT molecular complexity index is 2250. The third-order valence-electron chi connectivity index (χ3n) is 9.48. The van der Waals surface area contributed by atoms with Crippen LogP contribution in [0.4, 0.5) is 16.2 Å². The molecule has 2 aliphatic rings. The second-order valence-corrected chi connectivity index (χ2v) is 13.0. The van der Waals surface area contributed by atoms with Gasteiger partial charge in [-0.2, -0.15) is 0 Å². The second-order valence-electron chi connectivity index (χ2n) is 13.0. The van der Waals surface area contributed by atoms with Gasteiger partial charge in [0.1, 0.15) is 18.1 Å². The number of β-lactam (4-membered cyclic amide) rings is 1. The monoisotopic (exact) mass is 736 g/mol. The van der Waals surface area contributed by atoms with Gasteiger partial charge < -0.3 is 24.4 Å². The molecule has 0 spiro atoms. The Kier molecular flexibility index (Phi) is 10.2. The molecule has 16 heteroatoms. The van der Waals surface area contributed by atoms with Crippen molar-refractivity contribution in [2.24, 2.45) is 17.8 Å². The third-order valence-corrected chi connectivity index (χ3v) is 9.48. The first-order valence-electron chi connectivity index (χ1n) is 16.7. The lowest BCUT2D eigenvalue weighted by Crippen LogP contribution is -2.62. The van der Waals surface area contributed by atoms with Crippen molar-refractivity contribution in [3.63, 3.8) is 0 Å². The lowest BCUT2D eigenvalue weighted by atomic mass is 9.74. The van der Waals surface area contributed by atoms with Crippen LogP contribution in [0.3, 0.4) is 0 Å². The number of amides is 2. The van der Waals surface area contributed by atoms with Gasteiger partial charge in [-0.1, -0.05) is 51.1 Å². The van der Waals surface area contributed by atoms with Crippen LogP contribution in [0.1, 0.15) is 47.1 Å². The predicted molar refractivity (Wildman–Crippen MR) is 189 cm³/mol. The van der Waals surface area contributed by atoms with Crippen molar-refractivity contribution in [2.45, 2.75) is 33.4 Å². The number of carbonyl (C=O) groups is 5. The minimum Gasteiger partial charge on any atom is -0.488 e. The molecule has 0 saturated carbocycles. The van der Waals surface area contributed by atoms with Crippen LogP contribution < -0.4 is 10.1 Å². The van der Waals surface area contributed by atoms with Gasteiger partial charge in [-0.15, -0.1) is 0 Å². The Labute approximate surface area is 306 Å². The van der Waals surface area contributed by atoms with E-state index in [2.05, 4.69) is 5.32 Å². The molecule has 1 saturated heterocycles. The molecular formula is C38H32N4O12. The predicted octanol–water partition coefficient (Wildman–Crippen LogP) is 5.87. The molecule has 0 unspecified atom stereocenters. The summed E-state index contributed by atoms with van der Waals surface area (Å²) in [5, 5.41) is 25.7. The summed E-state index contributed by atoms with van der Waals surface area (Å²) >= 11 is 0. The number of benzene rings is 4. The first-order chi connectivity index (χ1) is 25.8. The molecule has 4 aromatic carbocycles. The molecule has 16 nitrogen and oxygen atoms in total. The zero-order chi connectivity index (χ0) is 38.8. The molecule has 3 atom stereocenters. The summed E-state index contributed by atoms with van der Waals surface area (Å²) in [5.41, 5.74) is 0.414. The molecule has 276 valence electrons. The molecule has 0 aliphatic carbocycles. The van der Waals surface area contributed by atoms with E-state index in [-0.39, 0.29) is 71.1 Å². The molecular weight excluding hydrogens is 704 g/mol.